The number of sulfonamides is 1. The van der Waals surface area contributed by atoms with E-state index in [1.165, 1.54) is 11.3 Å². The van der Waals surface area contributed by atoms with Crippen LogP contribution in [0.1, 0.15) is 10.6 Å². The Kier molecular flexibility index (Phi) is 6.45. The van der Waals surface area contributed by atoms with Gasteiger partial charge in [-0.05, 0) is 29.1 Å². The van der Waals surface area contributed by atoms with Crippen molar-refractivity contribution in [3.05, 3.63) is 88.1 Å². The Bertz CT molecular complexity index is 1250. The minimum Gasteiger partial charge on any atom is -0.349 e. The summed E-state index contributed by atoms with van der Waals surface area (Å²) in [4.78, 5) is 16.9. The van der Waals surface area contributed by atoms with Gasteiger partial charge in [-0.1, -0.05) is 48.5 Å². The molecule has 0 aliphatic rings. The first-order valence-corrected chi connectivity index (χ1v) is 12.7. The minimum atomic E-state index is -3.58. The number of thiazole rings is 1. The molecule has 0 aliphatic carbocycles. The van der Waals surface area contributed by atoms with Gasteiger partial charge in [-0.2, -0.15) is 0 Å². The van der Waals surface area contributed by atoms with Gasteiger partial charge in [0.2, 0.25) is 5.91 Å². The monoisotopic (exact) mass is 469 g/mol. The number of nitrogens with one attached hydrogen (secondary N) is 2. The summed E-state index contributed by atoms with van der Waals surface area (Å²) in [5.41, 5.74) is 3.19. The fourth-order valence-corrected chi connectivity index (χ4v) is 5.66. The summed E-state index contributed by atoms with van der Waals surface area (Å²) in [6, 6.07) is 19.9. The van der Waals surface area contributed by atoms with E-state index in [4.69, 9.17) is 0 Å². The SMILES string of the molecule is O=C(Cc1ccc(NS(=O)(=O)c2cccs2)cc1)NCc1nc(-c2ccccc2)cs1. The van der Waals surface area contributed by atoms with Crippen LogP contribution in [0.3, 0.4) is 0 Å². The Morgan fingerprint density at radius 3 is 2.42 bits per heavy atom. The lowest BCUT2D eigenvalue weighted by Crippen LogP contribution is -2.24. The molecule has 0 spiro atoms. The second-order valence-electron chi connectivity index (χ2n) is 6.68. The average molecular weight is 470 g/mol. The van der Waals surface area contributed by atoms with Crippen molar-refractivity contribution in [3.63, 3.8) is 0 Å². The normalized spacial score (nSPS) is 11.2. The lowest BCUT2D eigenvalue weighted by Gasteiger charge is -2.08. The van der Waals surface area contributed by atoms with Crippen molar-refractivity contribution in [2.75, 3.05) is 4.72 Å². The van der Waals surface area contributed by atoms with E-state index in [-0.39, 0.29) is 16.5 Å². The van der Waals surface area contributed by atoms with Crippen molar-refractivity contribution in [1.82, 2.24) is 10.3 Å². The van der Waals surface area contributed by atoms with Gasteiger partial charge >= 0.3 is 0 Å². The number of amides is 1. The molecule has 0 unspecified atom stereocenters. The molecule has 4 aromatic rings. The third kappa shape index (κ3) is 5.57. The fourth-order valence-electron chi connectivity index (χ4n) is 2.87. The van der Waals surface area contributed by atoms with Crippen LogP contribution in [0.25, 0.3) is 11.3 Å². The molecule has 0 aliphatic heterocycles. The molecule has 2 N–H and O–H groups in total. The molecule has 2 heterocycles. The Morgan fingerprint density at radius 1 is 0.935 bits per heavy atom. The topological polar surface area (TPSA) is 88.2 Å². The van der Waals surface area contributed by atoms with E-state index in [0.29, 0.717) is 12.2 Å². The van der Waals surface area contributed by atoms with Crippen LogP contribution in [0.2, 0.25) is 0 Å². The van der Waals surface area contributed by atoms with E-state index < -0.39 is 10.0 Å². The third-order valence-corrected chi connectivity index (χ3v) is 8.02. The van der Waals surface area contributed by atoms with E-state index in [1.807, 2.05) is 35.7 Å². The van der Waals surface area contributed by atoms with Crippen LogP contribution in [0.15, 0.2) is 81.7 Å². The average Bonchev–Trinajstić information content (AvgIpc) is 3.47. The number of carbonyl (C=O) groups is 1. The van der Waals surface area contributed by atoms with Crippen LogP contribution >= 0.6 is 22.7 Å². The van der Waals surface area contributed by atoms with Crippen molar-refractivity contribution in [3.8, 4) is 11.3 Å². The number of hydrogen-bond donors (Lipinski definition) is 2. The summed E-state index contributed by atoms with van der Waals surface area (Å²) in [6.07, 6.45) is 0.203. The maximum absolute atomic E-state index is 12.3. The van der Waals surface area contributed by atoms with Crippen LogP contribution in [-0.4, -0.2) is 19.3 Å². The van der Waals surface area contributed by atoms with Gasteiger partial charge in [0.1, 0.15) is 9.22 Å². The molecule has 1 amide bonds. The van der Waals surface area contributed by atoms with Crippen LogP contribution in [0.5, 0.6) is 0 Å². The first-order chi connectivity index (χ1) is 15.0. The largest absolute Gasteiger partial charge is 0.349 e. The molecule has 158 valence electrons. The van der Waals surface area contributed by atoms with Crippen LogP contribution in [-0.2, 0) is 27.8 Å². The zero-order valence-electron chi connectivity index (χ0n) is 16.3. The first-order valence-electron chi connectivity index (χ1n) is 9.41. The number of anilines is 1. The van der Waals surface area contributed by atoms with E-state index in [1.54, 1.807) is 41.8 Å². The summed E-state index contributed by atoms with van der Waals surface area (Å²) in [5, 5.41) is 7.41. The second kappa shape index (κ2) is 9.42. The maximum atomic E-state index is 12.3. The van der Waals surface area contributed by atoms with Crippen molar-refractivity contribution >= 4 is 44.3 Å². The van der Waals surface area contributed by atoms with Gasteiger partial charge in [-0.3, -0.25) is 9.52 Å². The number of benzene rings is 2. The van der Waals surface area contributed by atoms with Crippen LogP contribution in [0.4, 0.5) is 5.69 Å². The molecule has 0 atom stereocenters. The molecule has 0 radical (unpaired) electrons. The smallest absolute Gasteiger partial charge is 0.271 e. The number of carbonyl (C=O) groups excluding carboxylic acids is 1. The third-order valence-electron chi connectivity index (χ3n) is 4.39. The van der Waals surface area contributed by atoms with Crippen molar-refractivity contribution in [1.29, 1.82) is 0 Å². The number of hydrogen-bond acceptors (Lipinski definition) is 6. The predicted molar refractivity (Wildman–Crippen MR) is 125 cm³/mol. The molecule has 2 aromatic heterocycles. The molecule has 0 bridgehead atoms. The molecule has 0 saturated carbocycles. The molecule has 9 heteroatoms. The van der Waals surface area contributed by atoms with Gasteiger partial charge in [0.05, 0.1) is 18.7 Å². The highest BCUT2D eigenvalue weighted by Gasteiger charge is 2.15. The second-order valence-corrected chi connectivity index (χ2v) is 10.5. The van der Waals surface area contributed by atoms with Crippen molar-refractivity contribution in [2.45, 2.75) is 17.2 Å². The molecule has 4 rings (SSSR count). The predicted octanol–water partition coefficient (Wildman–Crippen LogP) is 4.53. The quantitative estimate of drug-likeness (QED) is 0.397. The summed E-state index contributed by atoms with van der Waals surface area (Å²) in [5.74, 6) is -0.122. The molecule has 0 fully saturated rings. The van der Waals surface area contributed by atoms with E-state index in [9.17, 15) is 13.2 Å². The lowest BCUT2D eigenvalue weighted by molar-refractivity contribution is -0.120. The number of thiophene rings is 1. The number of rotatable bonds is 8. The zero-order chi connectivity index (χ0) is 21.7. The van der Waals surface area contributed by atoms with Gasteiger partial charge in [0, 0.05) is 16.6 Å². The van der Waals surface area contributed by atoms with Crippen LogP contribution < -0.4 is 10.0 Å². The summed E-state index contributed by atoms with van der Waals surface area (Å²) >= 11 is 2.67. The Balaban J connectivity index is 1.30. The molecular weight excluding hydrogens is 450 g/mol. The highest BCUT2D eigenvalue weighted by atomic mass is 32.2. The molecular formula is C22H19N3O3S3. The standard InChI is InChI=1S/C22H19N3O3S3/c26-20(23-14-21-24-19(15-30-21)17-5-2-1-3-6-17)13-16-8-10-18(11-9-16)25-31(27,28)22-7-4-12-29-22/h1-12,15,25H,13-14H2,(H,23,26). The molecule has 2 aromatic carbocycles. The molecule has 31 heavy (non-hydrogen) atoms. The summed E-state index contributed by atoms with van der Waals surface area (Å²) in [6.45, 7) is 0.370. The first kappa shape index (κ1) is 21.2. The highest BCUT2D eigenvalue weighted by Crippen LogP contribution is 2.22. The fraction of sp³-hybridized carbons (Fsp3) is 0.0909. The Morgan fingerprint density at radius 2 is 1.71 bits per heavy atom. The van der Waals surface area contributed by atoms with Gasteiger partial charge in [0.15, 0.2) is 0 Å². The number of aromatic nitrogens is 1. The zero-order valence-corrected chi connectivity index (χ0v) is 18.8. The van der Waals surface area contributed by atoms with E-state index >= 15 is 0 Å². The Labute approximate surface area is 188 Å². The molecule has 0 saturated heterocycles. The van der Waals surface area contributed by atoms with E-state index in [2.05, 4.69) is 15.0 Å². The van der Waals surface area contributed by atoms with Gasteiger partial charge < -0.3 is 5.32 Å². The highest BCUT2D eigenvalue weighted by molar-refractivity contribution is 7.94. The lowest BCUT2D eigenvalue weighted by atomic mass is 10.1. The van der Waals surface area contributed by atoms with Gasteiger partial charge in [-0.25, -0.2) is 13.4 Å². The van der Waals surface area contributed by atoms with Crippen molar-refractivity contribution < 1.29 is 13.2 Å². The van der Waals surface area contributed by atoms with Gasteiger partial charge in [0.25, 0.3) is 10.0 Å². The van der Waals surface area contributed by atoms with E-state index in [0.717, 1.165) is 33.2 Å². The van der Waals surface area contributed by atoms with Crippen molar-refractivity contribution in [2.24, 2.45) is 0 Å². The Hall–Kier alpha value is -3.01. The maximum Gasteiger partial charge on any atom is 0.271 e. The van der Waals surface area contributed by atoms with Crippen LogP contribution in [0, 0.1) is 0 Å². The number of nitrogens with zero attached hydrogens (tertiary/aromatic N) is 1. The minimum absolute atomic E-state index is 0.122. The molecule has 6 nitrogen and oxygen atoms in total. The summed E-state index contributed by atoms with van der Waals surface area (Å²) < 4.78 is 27.3. The summed E-state index contributed by atoms with van der Waals surface area (Å²) in [7, 11) is -3.58. The van der Waals surface area contributed by atoms with Gasteiger partial charge in [-0.15, -0.1) is 22.7 Å².